The summed E-state index contributed by atoms with van der Waals surface area (Å²) >= 11 is 3.19. The number of amides is 1. The Morgan fingerprint density at radius 1 is 1.38 bits per heavy atom. The molecule has 88 valence electrons. The number of nitrogens with zero attached hydrogens (tertiary/aromatic N) is 1. The number of halogens is 1. The SMILES string of the molecule is C[C@@H]1CN(C(=O)c2ccc(Br)o2)C[C@H](C)O1. The van der Waals surface area contributed by atoms with Gasteiger partial charge in [0, 0.05) is 13.1 Å². The molecular formula is C11H14BrNO3. The van der Waals surface area contributed by atoms with Crippen LogP contribution in [0.4, 0.5) is 0 Å². The number of carbonyl (C=O) groups excluding carboxylic acids is 1. The quantitative estimate of drug-likeness (QED) is 0.796. The van der Waals surface area contributed by atoms with Crippen LogP contribution in [0.25, 0.3) is 0 Å². The zero-order chi connectivity index (χ0) is 11.7. The van der Waals surface area contributed by atoms with Gasteiger partial charge in [0.1, 0.15) is 0 Å². The van der Waals surface area contributed by atoms with Crippen molar-refractivity contribution in [2.45, 2.75) is 26.1 Å². The van der Waals surface area contributed by atoms with E-state index in [0.29, 0.717) is 23.5 Å². The molecule has 1 aliphatic heterocycles. The summed E-state index contributed by atoms with van der Waals surface area (Å²) in [6.07, 6.45) is 0.150. The average Bonchev–Trinajstić information content (AvgIpc) is 2.62. The van der Waals surface area contributed by atoms with Crippen LogP contribution in [-0.4, -0.2) is 36.1 Å². The summed E-state index contributed by atoms with van der Waals surface area (Å²) in [5, 5.41) is 0. The minimum absolute atomic E-state index is 0.0751. The van der Waals surface area contributed by atoms with Crippen LogP contribution >= 0.6 is 15.9 Å². The summed E-state index contributed by atoms with van der Waals surface area (Å²) in [6.45, 7) is 5.16. The molecule has 2 atom stereocenters. The molecule has 0 unspecified atom stereocenters. The van der Waals surface area contributed by atoms with Gasteiger partial charge in [-0.15, -0.1) is 0 Å². The maximum atomic E-state index is 12.1. The molecule has 1 aromatic rings. The van der Waals surface area contributed by atoms with E-state index in [2.05, 4.69) is 15.9 Å². The van der Waals surface area contributed by atoms with Crippen LogP contribution in [0.1, 0.15) is 24.4 Å². The highest BCUT2D eigenvalue weighted by Crippen LogP contribution is 2.18. The molecule has 1 fully saturated rings. The third-order valence-electron chi connectivity index (χ3n) is 2.49. The van der Waals surface area contributed by atoms with Crippen molar-refractivity contribution >= 4 is 21.8 Å². The zero-order valence-corrected chi connectivity index (χ0v) is 10.9. The number of carbonyl (C=O) groups is 1. The normalized spacial score (nSPS) is 25.8. The third kappa shape index (κ3) is 2.47. The van der Waals surface area contributed by atoms with Gasteiger partial charge >= 0.3 is 0 Å². The van der Waals surface area contributed by atoms with Crippen LogP contribution in [0.15, 0.2) is 21.2 Å². The van der Waals surface area contributed by atoms with Crippen LogP contribution in [0.5, 0.6) is 0 Å². The fourth-order valence-electron chi connectivity index (χ4n) is 1.93. The zero-order valence-electron chi connectivity index (χ0n) is 9.27. The molecule has 2 rings (SSSR count). The molecule has 0 aliphatic carbocycles. The summed E-state index contributed by atoms with van der Waals surface area (Å²) in [6, 6.07) is 3.40. The molecule has 0 aromatic carbocycles. The van der Waals surface area contributed by atoms with E-state index in [0.717, 1.165) is 0 Å². The highest BCUT2D eigenvalue weighted by Gasteiger charge is 2.27. The van der Waals surface area contributed by atoms with Crippen LogP contribution in [0.3, 0.4) is 0 Å². The van der Waals surface area contributed by atoms with E-state index in [1.165, 1.54) is 0 Å². The second-order valence-corrected chi connectivity index (χ2v) is 4.85. The average molecular weight is 288 g/mol. The van der Waals surface area contributed by atoms with Gasteiger partial charge in [0.05, 0.1) is 12.2 Å². The lowest BCUT2D eigenvalue weighted by Crippen LogP contribution is -2.48. The van der Waals surface area contributed by atoms with Gasteiger partial charge < -0.3 is 14.1 Å². The van der Waals surface area contributed by atoms with Crippen LogP contribution in [-0.2, 0) is 4.74 Å². The van der Waals surface area contributed by atoms with E-state index in [4.69, 9.17) is 9.15 Å². The number of rotatable bonds is 1. The highest BCUT2D eigenvalue weighted by atomic mass is 79.9. The number of furan rings is 1. The van der Waals surface area contributed by atoms with E-state index in [-0.39, 0.29) is 18.1 Å². The fourth-order valence-corrected chi connectivity index (χ4v) is 2.24. The second kappa shape index (κ2) is 4.59. The molecule has 4 nitrogen and oxygen atoms in total. The Morgan fingerprint density at radius 2 is 2.00 bits per heavy atom. The molecule has 0 spiro atoms. The fraction of sp³-hybridized carbons (Fsp3) is 0.545. The van der Waals surface area contributed by atoms with Crippen molar-refractivity contribution in [3.8, 4) is 0 Å². The Balaban J connectivity index is 2.09. The topological polar surface area (TPSA) is 42.7 Å². The van der Waals surface area contributed by atoms with Gasteiger partial charge in [-0.05, 0) is 41.9 Å². The lowest BCUT2D eigenvalue weighted by Gasteiger charge is -2.34. The monoisotopic (exact) mass is 287 g/mol. The van der Waals surface area contributed by atoms with E-state index >= 15 is 0 Å². The first-order valence-corrected chi connectivity index (χ1v) is 6.05. The first kappa shape index (κ1) is 11.7. The lowest BCUT2D eigenvalue weighted by molar-refractivity contribution is -0.0592. The second-order valence-electron chi connectivity index (χ2n) is 4.07. The largest absolute Gasteiger partial charge is 0.444 e. The van der Waals surface area contributed by atoms with Gasteiger partial charge in [0.25, 0.3) is 5.91 Å². The van der Waals surface area contributed by atoms with Crippen molar-refractivity contribution < 1.29 is 13.9 Å². The van der Waals surface area contributed by atoms with Gasteiger partial charge in [0.15, 0.2) is 10.4 Å². The van der Waals surface area contributed by atoms with Crippen LogP contribution in [0.2, 0.25) is 0 Å². The molecule has 0 saturated carbocycles. The molecule has 2 heterocycles. The molecule has 1 aromatic heterocycles. The predicted octanol–water partition coefficient (Wildman–Crippen LogP) is 2.29. The van der Waals surface area contributed by atoms with Crippen molar-refractivity contribution in [2.75, 3.05) is 13.1 Å². The van der Waals surface area contributed by atoms with E-state index < -0.39 is 0 Å². The van der Waals surface area contributed by atoms with E-state index in [1.54, 1.807) is 17.0 Å². The van der Waals surface area contributed by atoms with Crippen LogP contribution in [0, 0.1) is 0 Å². The molecule has 0 radical (unpaired) electrons. The van der Waals surface area contributed by atoms with Gasteiger partial charge in [-0.3, -0.25) is 4.79 Å². The van der Waals surface area contributed by atoms with Crippen molar-refractivity contribution in [3.05, 3.63) is 22.6 Å². The minimum atomic E-state index is -0.0762. The summed E-state index contributed by atoms with van der Waals surface area (Å²) in [5.74, 6) is 0.292. The van der Waals surface area contributed by atoms with Crippen molar-refractivity contribution in [3.63, 3.8) is 0 Å². The molecule has 5 heteroatoms. The minimum Gasteiger partial charge on any atom is -0.444 e. The maximum absolute atomic E-state index is 12.1. The third-order valence-corrected chi connectivity index (χ3v) is 2.92. The smallest absolute Gasteiger partial charge is 0.289 e. The maximum Gasteiger partial charge on any atom is 0.289 e. The van der Waals surface area contributed by atoms with Gasteiger partial charge in [-0.2, -0.15) is 0 Å². The first-order valence-electron chi connectivity index (χ1n) is 5.26. The Labute approximate surface area is 103 Å². The molecule has 1 aliphatic rings. The van der Waals surface area contributed by atoms with Crippen LogP contribution < -0.4 is 0 Å². The van der Waals surface area contributed by atoms with Crippen molar-refractivity contribution in [1.82, 2.24) is 4.90 Å². The standard InChI is InChI=1S/C11H14BrNO3/c1-7-5-13(6-8(2)15-7)11(14)9-3-4-10(12)16-9/h3-4,7-8H,5-6H2,1-2H3/t7-,8+. The highest BCUT2D eigenvalue weighted by molar-refractivity contribution is 9.10. The van der Waals surface area contributed by atoms with Gasteiger partial charge in [0.2, 0.25) is 0 Å². The first-order chi connectivity index (χ1) is 7.56. The van der Waals surface area contributed by atoms with E-state index in [1.807, 2.05) is 13.8 Å². The molecule has 0 N–H and O–H groups in total. The molecule has 0 bridgehead atoms. The van der Waals surface area contributed by atoms with Crippen molar-refractivity contribution in [1.29, 1.82) is 0 Å². The summed E-state index contributed by atoms with van der Waals surface area (Å²) in [7, 11) is 0. The Hall–Kier alpha value is -0.810. The summed E-state index contributed by atoms with van der Waals surface area (Å²) < 4.78 is 11.4. The lowest BCUT2D eigenvalue weighted by atomic mass is 10.2. The molecule has 16 heavy (non-hydrogen) atoms. The van der Waals surface area contributed by atoms with E-state index in [9.17, 15) is 4.79 Å². The number of morpholine rings is 1. The molecular weight excluding hydrogens is 274 g/mol. The number of hydrogen-bond acceptors (Lipinski definition) is 3. The Morgan fingerprint density at radius 3 is 2.50 bits per heavy atom. The van der Waals surface area contributed by atoms with Crippen molar-refractivity contribution in [2.24, 2.45) is 0 Å². The Bertz CT molecular complexity index is 380. The van der Waals surface area contributed by atoms with Gasteiger partial charge in [-0.1, -0.05) is 0 Å². The van der Waals surface area contributed by atoms with Gasteiger partial charge in [-0.25, -0.2) is 0 Å². The predicted molar refractivity (Wildman–Crippen MR) is 62.3 cm³/mol. The number of hydrogen-bond donors (Lipinski definition) is 0. The molecule has 1 amide bonds. The Kier molecular flexibility index (Phi) is 3.35. The molecule has 1 saturated heterocycles. The number of ether oxygens (including phenoxy) is 1. The summed E-state index contributed by atoms with van der Waals surface area (Å²) in [4.78, 5) is 13.8. The summed E-state index contributed by atoms with van der Waals surface area (Å²) in [5.41, 5.74) is 0.